The molecule has 4 rings (SSSR count). The molecule has 0 saturated carbocycles. The van der Waals surface area contributed by atoms with Gasteiger partial charge in [0.25, 0.3) is 0 Å². The number of allylic oxidation sites excluding steroid dienone is 3. The zero-order chi connectivity index (χ0) is 23.5. The third-order valence-corrected chi connectivity index (χ3v) is 6.75. The maximum Gasteiger partial charge on any atom is 0.0894 e. The van der Waals surface area contributed by atoms with Crippen molar-refractivity contribution in [3.63, 3.8) is 0 Å². The molecule has 4 nitrogen and oxygen atoms in total. The molecule has 2 heterocycles. The van der Waals surface area contributed by atoms with E-state index in [0.717, 1.165) is 48.9 Å². The number of thiophene rings is 1. The van der Waals surface area contributed by atoms with Crippen LogP contribution in [0.3, 0.4) is 0 Å². The van der Waals surface area contributed by atoms with Crippen LogP contribution in [0, 0.1) is 0 Å². The van der Waals surface area contributed by atoms with E-state index in [2.05, 4.69) is 47.6 Å². The number of nitrogens with two attached hydrogens (primary N) is 2. The number of hydrogen-bond donors (Lipinski definition) is 2. The Morgan fingerprint density at radius 3 is 2.39 bits per heavy atom. The van der Waals surface area contributed by atoms with Gasteiger partial charge < -0.3 is 16.0 Å². The van der Waals surface area contributed by atoms with Gasteiger partial charge in [-0.05, 0) is 37.9 Å². The molecule has 0 radical (unpaired) electrons. The van der Waals surface area contributed by atoms with Gasteiger partial charge in [0.15, 0.2) is 0 Å². The zero-order valence-corrected chi connectivity index (χ0v) is 19.4. The van der Waals surface area contributed by atoms with E-state index >= 15 is 0 Å². The van der Waals surface area contributed by atoms with Crippen molar-refractivity contribution in [2.24, 2.45) is 4.99 Å². The molecule has 0 aliphatic heterocycles. The molecule has 4 aromatic rings. The number of rotatable bonds is 7. The van der Waals surface area contributed by atoms with Crippen LogP contribution in [0.15, 0.2) is 84.9 Å². The minimum Gasteiger partial charge on any atom is -0.397 e. The zero-order valence-electron chi connectivity index (χ0n) is 18.6. The topological polar surface area (TPSA) is 69.3 Å². The van der Waals surface area contributed by atoms with Crippen molar-refractivity contribution in [1.29, 1.82) is 0 Å². The largest absolute Gasteiger partial charge is 0.397 e. The first-order chi connectivity index (χ1) is 16.0. The van der Waals surface area contributed by atoms with Gasteiger partial charge in [-0.15, -0.1) is 11.3 Å². The number of benzene rings is 2. The van der Waals surface area contributed by atoms with Gasteiger partial charge in [-0.3, -0.25) is 4.99 Å². The molecule has 0 unspecified atom stereocenters. The first-order valence-corrected chi connectivity index (χ1v) is 11.3. The van der Waals surface area contributed by atoms with E-state index in [9.17, 15) is 0 Å². The lowest BCUT2D eigenvalue weighted by Crippen LogP contribution is -1.99. The van der Waals surface area contributed by atoms with E-state index in [4.69, 9.17) is 11.5 Å². The molecule has 0 spiro atoms. The van der Waals surface area contributed by atoms with E-state index in [0.29, 0.717) is 11.4 Å². The van der Waals surface area contributed by atoms with Crippen molar-refractivity contribution in [2.45, 2.75) is 6.92 Å². The molecule has 0 aliphatic rings. The summed E-state index contributed by atoms with van der Waals surface area (Å²) in [6, 6.07) is 16.3. The van der Waals surface area contributed by atoms with Gasteiger partial charge in [0.05, 0.1) is 33.2 Å². The van der Waals surface area contributed by atoms with E-state index < -0.39 is 0 Å². The van der Waals surface area contributed by atoms with E-state index in [1.54, 1.807) is 17.4 Å². The molecule has 0 aliphatic carbocycles. The summed E-state index contributed by atoms with van der Waals surface area (Å²) in [5, 5.41) is 0.983. The summed E-state index contributed by atoms with van der Waals surface area (Å²) in [7, 11) is 0. The lowest BCUT2D eigenvalue weighted by molar-refractivity contribution is 1.14. The molecule has 5 heteroatoms. The van der Waals surface area contributed by atoms with Crippen LogP contribution in [-0.4, -0.2) is 11.3 Å². The Morgan fingerprint density at radius 2 is 1.76 bits per heavy atom. The van der Waals surface area contributed by atoms with Gasteiger partial charge in [0, 0.05) is 27.1 Å². The average Bonchev–Trinajstić information content (AvgIpc) is 3.31. The van der Waals surface area contributed by atoms with Crippen molar-refractivity contribution in [3.8, 4) is 16.3 Å². The molecule has 0 bridgehead atoms. The molecule has 0 amide bonds. The third-order valence-electron chi connectivity index (χ3n) is 5.53. The van der Waals surface area contributed by atoms with E-state index in [-0.39, 0.29) is 0 Å². The molecule has 0 saturated heterocycles. The average molecular weight is 451 g/mol. The Labute approximate surface area is 198 Å². The Balaban J connectivity index is 2.01. The quantitative estimate of drug-likeness (QED) is 0.227. The number of fused-ring (bicyclic) bond motifs is 1. The maximum absolute atomic E-state index is 6.73. The van der Waals surface area contributed by atoms with Crippen LogP contribution in [0.25, 0.3) is 45.0 Å². The summed E-state index contributed by atoms with van der Waals surface area (Å²) < 4.78 is 2.17. The molecule has 2 aromatic carbocycles. The van der Waals surface area contributed by atoms with Crippen molar-refractivity contribution < 1.29 is 0 Å². The highest BCUT2D eigenvalue weighted by molar-refractivity contribution is 7.17. The second-order valence-electron chi connectivity index (χ2n) is 7.43. The first kappa shape index (κ1) is 22.1. The first-order valence-electron chi connectivity index (χ1n) is 10.5. The van der Waals surface area contributed by atoms with Gasteiger partial charge in [0.2, 0.25) is 0 Å². The maximum atomic E-state index is 6.73. The fraction of sp³-hybridized carbons (Fsp3) is 0.0357. The smallest absolute Gasteiger partial charge is 0.0894 e. The van der Waals surface area contributed by atoms with Gasteiger partial charge in [-0.25, -0.2) is 0 Å². The van der Waals surface area contributed by atoms with Crippen LogP contribution in [0.2, 0.25) is 0 Å². The van der Waals surface area contributed by atoms with E-state index in [1.165, 1.54) is 0 Å². The predicted octanol–water partition coefficient (Wildman–Crippen LogP) is 7.43. The molecular weight excluding hydrogens is 424 g/mol. The summed E-state index contributed by atoms with van der Waals surface area (Å²) in [6.07, 6.45) is 9.38. The van der Waals surface area contributed by atoms with Crippen molar-refractivity contribution in [2.75, 3.05) is 11.5 Å². The highest BCUT2D eigenvalue weighted by atomic mass is 32.1. The monoisotopic (exact) mass is 450 g/mol. The molecule has 0 atom stereocenters. The summed E-state index contributed by atoms with van der Waals surface area (Å²) in [5.41, 5.74) is 20.4. The molecular formula is C28H26N4S. The predicted molar refractivity (Wildman–Crippen MR) is 148 cm³/mol. The highest BCUT2D eigenvalue weighted by Crippen LogP contribution is 2.47. The minimum atomic E-state index is 0.699. The SMILES string of the molecule is C=C/C=C(\N=C)c1ccc(-n2c(-c3sc(C=C)c(/C=C\C)c3N)c(N)c3ccccc32)cc1. The molecule has 164 valence electrons. The normalized spacial score (nSPS) is 11.8. The number of anilines is 2. The number of aliphatic imine (C=N–C) groups is 1. The van der Waals surface area contributed by atoms with Gasteiger partial charge in [-0.2, -0.15) is 0 Å². The molecule has 4 N–H and O–H groups in total. The van der Waals surface area contributed by atoms with Crippen LogP contribution in [0.1, 0.15) is 22.9 Å². The summed E-state index contributed by atoms with van der Waals surface area (Å²) in [4.78, 5) is 6.05. The van der Waals surface area contributed by atoms with Crippen LogP contribution in [0.4, 0.5) is 11.4 Å². The summed E-state index contributed by atoms with van der Waals surface area (Å²) >= 11 is 1.60. The van der Waals surface area contributed by atoms with Crippen LogP contribution in [-0.2, 0) is 0 Å². The van der Waals surface area contributed by atoms with Crippen molar-refractivity contribution in [1.82, 2.24) is 4.57 Å². The Bertz CT molecular complexity index is 1430. The van der Waals surface area contributed by atoms with E-state index in [1.807, 2.05) is 61.6 Å². The standard InChI is InChI=1S/C28H26N4S/c1-5-10-21-24(7-3)33-28(26(21)30)27-25(29)20-12-8-9-13-23(20)32(27)19-16-14-18(15-17-19)22(31-4)11-6-2/h5-17H,2-4,29-30H2,1H3/b10-5-,22-11-. The number of aromatic nitrogens is 1. The van der Waals surface area contributed by atoms with Crippen LogP contribution >= 0.6 is 11.3 Å². The molecule has 33 heavy (non-hydrogen) atoms. The molecule has 0 fully saturated rings. The fourth-order valence-corrected chi connectivity index (χ4v) is 5.14. The number of hydrogen-bond acceptors (Lipinski definition) is 4. The lowest BCUT2D eigenvalue weighted by Gasteiger charge is -2.12. The fourth-order valence-electron chi connectivity index (χ4n) is 4.03. The van der Waals surface area contributed by atoms with Crippen molar-refractivity contribution >= 4 is 58.2 Å². The number of nitrogens with zero attached hydrogens (tertiary/aromatic N) is 2. The second kappa shape index (κ2) is 9.18. The van der Waals surface area contributed by atoms with Gasteiger partial charge in [0.1, 0.15) is 0 Å². The second-order valence-corrected chi connectivity index (χ2v) is 8.49. The highest BCUT2D eigenvalue weighted by Gasteiger charge is 2.23. The number of nitrogen functional groups attached to an aromatic ring is 2. The van der Waals surface area contributed by atoms with Gasteiger partial charge in [-0.1, -0.05) is 67.8 Å². The minimum absolute atomic E-state index is 0.699. The summed E-state index contributed by atoms with van der Waals surface area (Å²) in [5.74, 6) is 0. The lowest BCUT2D eigenvalue weighted by atomic mass is 10.1. The third kappa shape index (κ3) is 3.73. The molecule has 2 aromatic heterocycles. The van der Waals surface area contributed by atoms with Crippen LogP contribution < -0.4 is 11.5 Å². The number of para-hydroxylation sites is 1. The Hall–Kier alpha value is -4.09. The van der Waals surface area contributed by atoms with Gasteiger partial charge >= 0.3 is 0 Å². The summed E-state index contributed by atoms with van der Waals surface area (Å²) in [6.45, 7) is 13.4. The van der Waals surface area contributed by atoms with Crippen molar-refractivity contribution in [3.05, 3.63) is 95.9 Å². The Morgan fingerprint density at radius 1 is 1.03 bits per heavy atom. The Kier molecular flexibility index (Phi) is 6.16. The van der Waals surface area contributed by atoms with Crippen LogP contribution in [0.5, 0.6) is 0 Å².